The molecule has 1 unspecified atom stereocenters. The first kappa shape index (κ1) is 22.4. The number of thiazole rings is 1. The Bertz CT molecular complexity index is 1290. The molecule has 0 aliphatic rings. The zero-order valence-electron chi connectivity index (χ0n) is 18.4. The molecule has 0 saturated heterocycles. The molecule has 1 aromatic heterocycles. The van der Waals surface area contributed by atoms with E-state index >= 15 is 0 Å². The summed E-state index contributed by atoms with van der Waals surface area (Å²) in [6, 6.07) is 23.6. The van der Waals surface area contributed by atoms with Crippen LogP contribution in [-0.2, 0) is 11.3 Å². The summed E-state index contributed by atoms with van der Waals surface area (Å²) in [5.41, 5.74) is 7.97. The molecule has 4 rings (SSSR count). The van der Waals surface area contributed by atoms with Crippen molar-refractivity contribution < 1.29 is 9.53 Å². The molecule has 5 nitrogen and oxygen atoms in total. The molecule has 0 aliphatic heterocycles. The fourth-order valence-electron chi connectivity index (χ4n) is 3.69. The first-order valence-corrected chi connectivity index (χ1v) is 11.4. The van der Waals surface area contributed by atoms with E-state index < -0.39 is 0 Å². The summed E-state index contributed by atoms with van der Waals surface area (Å²) < 4.78 is 6.37. The van der Waals surface area contributed by atoms with Gasteiger partial charge >= 0.3 is 0 Å². The van der Waals surface area contributed by atoms with Gasteiger partial charge in [-0.15, -0.1) is 11.3 Å². The highest BCUT2D eigenvalue weighted by Gasteiger charge is 2.19. The fraction of sp³-hybridized carbons (Fsp3) is 0.148. The number of nitrogens with zero attached hydrogens (tertiary/aromatic N) is 2. The van der Waals surface area contributed by atoms with E-state index in [0.717, 1.165) is 32.7 Å². The van der Waals surface area contributed by atoms with Crippen LogP contribution in [0.4, 0.5) is 0 Å². The van der Waals surface area contributed by atoms with Gasteiger partial charge in [-0.05, 0) is 53.4 Å². The Labute approximate surface area is 197 Å². The van der Waals surface area contributed by atoms with E-state index in [1.807, 2.05) is 67.7 Å². The van der Waals surface area contributed by atoms with Gasteiger partial charge in [0.25, 0.3) is 5.91 Å². The third-order valence-corrected chi connectivity index (χ3v) is 6.29. The topological polar surface area (TPSA) is 75.0 Å². The number of nitrogens with one attached hydrogen (secondary N) is 1. The smallest absolute Gasteiger partial charge is 0.251 e. The first-order chi connectivity index (χ1) is 16.1. The maximum atomic E-state index is 11.8. The third kappa shape index (κ3) is 5.01. The Morgan fingerprint density at radius 2 is 1.91 bits per heavy atom. The monoisotopic (exact) mass is 453 g/mol. The van der Waals surface area contributed by atoms with Crippen LogP contribution in [0.25, 0.3) is 11.1 Å². The normalized spacial score (nSPS) is 11.5. The predicted octanol–water partition coefficient (Wildman–Crippen LogP) is 5.66. The summed E-state index contributed by atoms with van der Waals surface area (Å²) in [4.78, 5) is 17.0. The van der Waals surface area contributed by atoms with Crippen molar-refractivity contribution in [1.82, 2.24) is 10.3 Å². The van der Waals surface area contributed by atoms with E-state index in [1.54, 1.807) is 24.7 Å². The van der Waals surface area contributed by atoms with Gasteiger partial charge < -0.3 is 10.1 Å². The molecule has 1 N–H and O–H groups in total. The maximum Gasteiger partial charge on any atom is 0.251 e. The van der Waals surface area contributed by atoms with E-state index in [-0.39, 0.29) is 12.0 Å². The molecule has 0 bridgehead atoms. The number of hydrogen-bond acceptors (Lipinski definition) is 5. The Morgan fingerprint density at radius 3 is 2.58 bits per heavy atom. The molecule has 3 aromatic carbocycles. The van der Waals surface area contributed by atoms with E-state index in [4.69, 9.17) is 4.74 Å². The highest BCUT2D eigenvalue weighted by molar-refractivity contribution is 7.09. The number of rotatable bonds is 7. The van der Waals surface area contributed by atoms with Gasteiger partial charge in [0.05, 0.1) is 28.6 Å². The minimum atomic E-state index is -0.327. The van der Waals surface area contributed by atoms with Crippen LogP contribution in [0.2, 0.25) is 0 Å². The van der Waals surface area contributed by atoms with Gasteiger partial charge in [-0.25, -0.2) is 0 Å². The molecular weight excluding hydrogens is 430 g/mol. The number of benzene rings is 3. The van der Waals surface area contributed by atoms with Crippen molar-refractivity contribution >= 4 is 17.2 Å². The molecule has 164 valence electrons. The minimum Gasteiger partial charge on any atom is -0.363 e. The lowest BCUT2D eigenvalue weighted by atomic mass is 9.93. The molecule has 0 spiro atoms. The van der Waals surface area contributed by atoms with Crippen molar-refractivity contribution in [3.63, 3.8) is 0 Å². The average Bonchev–Trinajstić information content (AvgIpc) is 3.39. The van der Waals surface area contributed by atoms with Crippen LogP contribution < -0.4 is 5.32 Å². The Balaban J connectivity index is 1.66. The quantitative estimate of drug-likeness (QED) is 0.392. The van der Waals surface area contributed by atoms with Crippen LogP contribution in [0, 0.1) is 18.3 Å². The molecule has 1 heterocycles. The minimum absolute atomic E-state index is 0.119. The Morgan fingerprint density at radius 1 is 1.12 bits per heavy atom. The van der Waals surface area contributed by atoms with Crippen molar-refractivity contribution in [3.8, 4) is 17.2 Å². The van der Waals surface area contributed by atoms with Crippen LogP contribution in [0.15, 0.2) is 78.4 Å². The highest BCUT2D eigenvalue weighted by atomic mass is 32.1. The molecule has 4 aromatic rings. The van der Waals surface area contributed by atoms with Gasteiger partial charge in [0.15, 0.2) is 0 Å². The summed E-state index contributed by atoms with van der Waals surface area (Å²) in [7, 11) is 1.61. The number of carbonyl (C=O) groups is 1. The SMILES string of the molecule is CNC(=O)c1ccc(COC(c2ccc(C#N)c(-c3ccccc3C)c2)c2cncs2)cc1. The van der Waals surface area contributed by atoms with Crippen molar-refractivity contribution in [3.05, 3.63) is 111 Å². The number of aryl methyl sites for hydroxylation is 1. The lowest BCUT2D eigenvalue weighted by Gasteiger charge is -2.19. The number of carbonyl (C=O) groups excluding carboxylic acids is 1. The number of aromatic nitrogens is 1. The van der Waals surface area contributed by atoms with Crippen LogP contribution in [0.3, 0.4) is 0 Å². The fourth-order valence-corrected chi connectivity index (χ4v) is 4.39. The molecule has 1 atom stereocenters. The Hall–Kier alpha value is -3.79. The number of hydrogen-bond donors (Lipinski definition) is 1. The van der Waals surface area contributed by atoms with Gasteiger partial charge in [-0.2, -0.15) is 5.26 Å². The maximum absolute atomic E-state index is 11.8. The summed E-state index contributed by atoms with van der Waals surface area (Å²) in [6.45, 7) is 2.42. The van der Waals surface area contributed by atoms with E-state index in [0.29, 0.717) is 17.7 Å². The van der Waals surface area contributed by atoms with Crippen LogP contribution in [0.5, 0.6) is 0 Å². The van der Waals surface area contributed by atoms with Crippen LogP contribution in [-0.4, -0.2) is 17.9 Å². The lowest BCUT2D eigenvalue weighted by molar-refractivity contribution is 0.0689. The van der Waals surface area contributed by atoms with Crippen molar-refractivity contribution in [1.29, 1.82) is 5.26 Å². The standard InChI is InChI=1S/C27H23N3O2S/c1-18-5-3-4-6-23(18)24-13-21(11-12-22(24)14-28)26(25-15-30-17-33-25)32-16-19-7-9-20(10-8-19)27(31)29-2/h3-13,15,17,26H,16H2,1-2H3,(H,29,31). The van der Waals surface area contributed by atoms with Crippen LogP contribution in [0.1, 0.15) is 43.6 Å². The number of amides is 1. The zero-order chi connectivity index (χ0) is 23.2. The largest absolute Gasteiger partial charge is 0.363 e. The van der Waals surface area contributed by atoms with E-state index in [2.05, 4.69) is 16.4 Å². The molecule has 0 fully saturated rings. The molecule has 6 heteroatoms. The number of nitriles is 1. The highest BCUT2D eigenvalue weighted by Crippen LogP contribution is 2.34. The lowest BCUT2D eigenvalue weighted by Crippen LogP contribution is -2.17. The van der Waals surface area contributed by atoms with Gasteiger partial charge in [0, 0.05) is 24.4 Å². The summed E-state index contributed by atoms with van der Waals surface area (Å²) in [5, 5.41) is 12.3. The second-order valence-corrected chi connectivity index (χ2v) is 8.52. The average molecular weight is 454 g/mol. The van der Waals surface area contributed by atoms with Gasteiger partial charge in [0.2, 0.25) is 0 Å². The number of ether oxygens (including phenoxy) is 1. The van der Waals surface area contributed by atoms with Crippen molar-refractivity contribution in [2.45, 2.75) is 19.6 Å². The molecule has 0 saturated carbocycles. The molecule has 33 heavy (non-hydrogen) atoms. The molecular formula is C27H23N3O2S. The van der Waals surface area contributed by atoms with Crippen molar-refractivity contribution in [2.75, 3.05) is 7.05 Å². The summed E-state index contributed by atoms with van der Waals surface area (Å²) in [6.07, 6.45) is 1.49. The molecule has 1 amide bonds. The van der Waals surface area contributed by atoms with Crippen LogP contribution >= 0.6 is 11.3 Å². The van der Waals surface area contributed by atoms with Gasteiger partial charge in [0.1, 0.15) is 6.10 Å². The first-order valence-electron chi connectivity index (χ1n) is 10.5. The molecule has 0 aliphatic carbocycles. The second-order valence-electron chi connectivity index (χ2n) is 7.60. The predicted molar refractivity (Wildman–Crippen MR) is 130 cm³/mol. The third-order valence-electron chi connectivity index (χ3n) is 5.47. The van der Waals surface area contributed by atoms with Gasteiger partial charge in [-0.1, -0.05) is 42.5 Å². The molecule has 0 radical (unpaired) electrons. The summed E-state index contributed by atoms with van der Waals surface area (Å²) in [5.74, 6) is -0.119. The second kappa shape index (κ2) is 10.2. The summed E-state index contributed by atoms with van der Waals surface area (Å²) >= 11 is 1.53. The van der Waals surface area contributed by atoms with E-state index in [1.165, 1.54) is 11.3 Å². The van der Waals surface area contributed by atoms with Crippen molar-refractivity contribution in [2.24, 2.45) is 0 Å². The van der Waals surface area contributed by atoms with Gasteiger partial charge in [-0.3, -0.25) is 9.78 Å². The zero-order valence-corrected chi connectivity index (χ0v) is 19.2. The Kier molecular flexibility index (Phi) is 6.94. The van der Waals surface area contributed by atoms with E-state index in [9.17, 15) is 10.1 Å².